The first-order valence-electron chi connectivity index (χ1n) is 16.0. The minimum Gasteiger partial charge on any atom is -0.318 e. The molecule has 4 aromatic heterocycles. The molecular formula is C42H36N4Pt. The quantitative estimate of drug-likeness (QED) is 0.167. The standard InChI is InChI=1S/C42H36N4.Pt/c1-41(2,3)28-18-14-19-29(26-28)45-33-23-12-10-20-30(33)36-38(42(4,5)6)37-31-21-11-13-24-34(31)46(40(37)44-39(36)45)35-25-15-22-32(43-35)27-16-8-7-9-17-27;/h7-16,18,20-26H,1-6H3;/q-2;+2. The topological polar surface area (TPSA) is 35.6 Å². The molecule has 8 aromatic rings. The van der Waals surface area contributed by atoms with E-state index in [2.05, 4.69) is 142 Å². The first kappa shape index (κ1) is 31.1. The Labute approximate surface area is 290 Å². The Bertz CT molecular complexity index is 2440. The predicted octanol–water partition coefficient (Wildman–Crippen LogP) is 10.5. The van der Waals surface area contributed by atoms with Crippen molar-refractivity contribution in [3.05, 3.63) is 132 Å². The molecule has 0 aliphatic heterocycles. The molecule has 0 fully saturated rings. The average molecular weight is 792 g/mol. The van der Waals surface area contributed by atoms with Gasteiger partial charge in [-0.3, -0.25) is 9.55 Å². The second-order valence-electron chi connectivity index (χ2n) is 14.2. The van der Waals surface area contributed by atoms with E-state index in [0.29, 0.717) is 0 Å². The molecule has 0 aliphatic carbocycles. The van der Waals surface area contributed by atoms with Crippen LogP contribution in [0.3, 0.4) is 0 Å². The smallest absolute Gasteiger partial charge is 0.318 e. The summed E-state index contributed by atoms with van der Waals surface area (Å²) < 4.78 is 4.54. The third-order valence-corrected chi connectivity index (χ3v) is 9.00. The molecule has 0 spiro atoms. The zero-order valence-corrected chi connectivity index (χ0v) is 29.8. The normalized spacial score (nSPS) is 12.3. The van der Waals surface area contributed by atoms with Gasteiger partial charge in [0.05, 0.1) is 11.0 Å². The Balaban J connectivity index is 0.00000351. The number of nitrogens with zero attached hydrogens (tertiary/aromatic N) is 4. The van der Waals surface area contributed by atoms with E-state index in [1.54, 1.807) is 0 Å². The van der Waals surface area contributed by atoms with Gasteiger partial charge in [-0.2, -0.15) is 23.8 Å². The Morgan fingerprint density at radius 1 is 0.574 bits per heavy atom. The first-order chi connectivity index (χ1) is 22.1. The van der Waals surface area contributed by atoms with Crippen LogP contribution >= 0.6 is 0 Å². The number of hydrogen-bond donors (Lipinski definition) is 0. The zero-order valence-electron chi connectivity index (χ0n) is 27.5. The molecule has 0 aliphatic rings. The Kier molecular flexibility index (Phi) is 7.48. The van der Waals surface area contributed by atoms with E-state index < -0.39 is 0 Å². The zero-order chi connectivity index (χ0) is 31.8. The summed E-state index contributed by atoms with van der Waals surface area (Å²) in [5.74, 6) is 0.830. The average Bonchev–Trinajstić information content (AvgIpc) is 3.56. The molecule has 0 radical (unpaired) electrons. The number of aromatic nitrogens is 4. The Hall–Kier alpha value is -4.53. The Morgan fingerprint density at radius 3 is 1.85 bits per heavy atom. The van der Waals surface area contributed by atoms with Crippen molar-refractivity contribution < 1.29 is 21.1 Å². The van der Waals surface area contributed by atoms with Crippen molar-refractivity contribution in [3.63, 3.8) is 0 Å². The van der Waals surface area contributed by atoms with Gasteiger partial charge in [0, 0.05) is 21.5 Å². The van der Waals surface area contributed by atoms with Crippen LogP contribution < -0.4 is 0 Å². The molecule has 4 heterocycles. The van der Waals surface area contributed by atoms with Crippen molar-refractivity contribution in [1.82, 2.24) is 19.1 Å². The summed E-state index contributed by atoms with van der Waals surface area (Å²) in [6.45, 7) is 13.7. The van der Waals surface area contributed by atoms with Crippen LogP contribution in [0.4, 0.5) is 0 Å². The number of fused-ring (bicyclic) bond motifs is 6. The fourth-order valence-corrected chi connectivity index (χ4v) is 6.91. The van der Waals surface area contributed by atoms with Crippen LogP contribution in [0.2, 0.25) is 0 Å². The molecule has 234 valence electrons. The fraction of sp³-hybridized carbons (Fsp3) is 0.190. The van der Waals surface area contributed by atoms with Crippen LogP contribution in [0.15, 0.2) is 109 Å². The Morgan fingerprint density at radius 2 is 1.21 bits per heavy atom. The van der Waals surface area contributed by atoms with E-state index in [9.17, 15) is 0 Å². The van der Waals surface area contributed by atoms with Crippen molar-refractivity contribution in [2.45, 2.75) is 52.4 Å². The number of hydrogen-bond acceptors (Lipinski definition) is 2. The summed E-state index contributed by atoms with van der Waals surface area (Å²) in [5, 5.41) is 4.73. The van der Waals surface area contributed by atoms with Gasteiger partial charge in [0.1, 0.15) is 17.1 Å². The van der Waals surface area contributed by atoms with Crippen LogP contribution in [0.5, 0.6) is 0 Å². The first-order valence-corrected chi connectivity index (χ1v) is 16.0. The summed E-state index contributed by atoms with van der Waals surface area (Å²) in [5.41, 5.74) is 9.24. The molecule has 5 heteroatoms. The van der Waals surface area contributed by atoms with Crippen molar-refractivity contribution in [1.29, 1.82) is 0 Å². The molecule has 0 bridgehead atoms. The number of rotatable bonds is 3. The molecule has 47 heavy (non-hydrogen) atoms. The summed E-state index contributed by atoms with van der Waals surface area (Å²) in [6.07, 6.45) is 0. The number of benzene rings is 4. The molecule has 0 atom stereocenters. The third kappa shape index (κ3) is 5.02. The molecular weight excluding hydrogens is 756 g/mol. The minimum absolute atomic E-state index is 0. The van der Waals surface area contributed by atoms with Gasteiger partial charge in [0.25, 0.3) is 0 Å². The summed E-state index contributed by atoms with van der Waals surface area (Å²) in [7, 11) is 0. The largest absolute Gasteiger partial charge is 2.00 e. The number of para-hydroxylation sites is 2. The van der Waals surface area contributed by atoms with Gasteiger partial charge < -0.3 is 4.57 Å². The molecule has 0 amide bonds. The monoisotopic (exact) mass is 791 g/mol. The van der Waals surface area contributed by atoms with E-state index in [4.69, 9.17) is 9.97 Å². The maximum absolute atomic E-state index is 5.63. The SMILES string of the molecule is CC(C)(C)c1cc[c-]c(-n2c3ccccc3c3c(C(C)(C)C)c4c5ccccc5n(-c5cccc(-c6[c-]cccc6)n5)c4nc32)c1.[Pt+2]. The van der Waals surface area contributed by atoms with Gasteiger partial charge >= 0.3 is 21.1 Å². The number of pyridine rings is 2. The van der Waals surface area contributed by atoms with Gasteiger partial charge in [0.15, 0.2) is 0 Å². The molecule has 0 unspecified atom stereocenters. The maximum Gasteiger partial charge on any atom is 2.00 e. The van der Waals surface area contributed by atoms with Gasteiger partial charge in [-0.15, -0.1) is 42.0 Å². The van der Waals surface area contributed by atoms with E-state index in [-0.39, 0.29) is 31.9 Å². The molecule has 0 N–H and O–H groups in total. The van der Waals surface area contributed by atoms with Crippen LogP contribution in [-0.4, -0.2) is 19.1 Å². The van der Waals surface area contributed by atoms with Crippen LogP contribution in [0, 0.1) is 12.1 Å². The van der Waals surface area contributed by atoms with Gasteiger partial charge in [0.2, 0.25) is 0 Å². The second-order valence-corrected chi connectivity index (χ2v) is 14.2. The van der Waals surface area contributed by atoms with Crippen molar-refractivity contribution in [2.24, 2.45) is 0 Å². The second kappa shape index (κ2) is 11.3. The van der Waals surface area contributed by atoms with Crippen LogP contribution in [0.25, 0.3) is 66.6 Å². The van der Waals surface area contributed by atoms with E-state index in [0.717, 1.165) is 45.1 Å². The minimum atomic E-state index is -0.186. The maximum atomic E-state index is 5.63. The predicted molar refractivity (Wildman–Crippen MR) is 191 cm³/mol. The summed E-state index contributed by atoms with van der Waals surface area (Å²) >= 11 is 0. The summed E-state index contributed by atoms with van der Waals surface area (Å²) in [4.78, 5) is 10.8. The molecule has 0 saturated heterocycles. The van der Waals surface area contributed by atoms with Crippen molar-refractivity contribution in [3.8, 4) is 22.8 Å². The van der Waals surface area contributed by atoms with E-state index in [1.807, 2.05) is 30.3 Å². The van der Waals surface area contributed by atoms with Gasteiger partial charge in [-0.25, -0.2) is 4.98 Å². The molecule has 4 aromatic carbocycles. The van der Waals surface area contributed by atoms with Gasteiger partial charge in [-0.1, -0.05) is 95.8 Å². The van der Waals surface area contributed by atoms with Crippen molar-refractivity contribution in [2.75, 3.05) is 0 Å². The van der Waals surface area contributed by atoms with Crippen molar-refractivity contribution >= 4 is 43.9 Å². The molecule has 4 nitrogen and oxygen atoms in total. The van der Waals surface area contributed by atoms with Gasteiger partial charge in [-0.05, 0) is 40.3 Å². The fourth-order valence-electron chi connectivity index (χ4n) is 6.91. The van der Waals surface area contributed by atoms with Crippen LogP contribution in [0.1, 0.15) is 52.7 Å². The third-order valence-electron chi connectivity index (χ3n) is 9.00. The summed E-state index contributed by atoms with van der Waals surface area (Å²) in [6, 6.07) is 45.0. The van der Waals surface area contributed by atoms with E-state index in [1.165, 1.54) is 32.7 Å². The molecule has 0 saturated carbocycles. The molecule has 8 rings (SSSR count). The van der Waals surface area contributed by atoms with E-state index >= 15 is 0 Å². The van der Waals surface area contributed by atoms with Crippen LogP contribution in [-0.2, 0) is 31.9 Å².